The first-order chi connectivity index (χ1) is 11.3. The monoisotopic (exact) mass is 354 g/mol. The van der Waals surface area contributed by atoms with Crippen LogP contribution in [0.25, 0.3) is 0 Å². The lowest BCUT2D eigenvalue weighted by molar-refractivity contribution is -0.137. The number of carbonyl (C=O) groups excluding carboxylic acids is 2. The third-order valence-electron chi connectivity index (χ3n) is 3.06. The van der Waals surface area contributed by atoms with Crippen LogP contribution < -0.4 is 10.0 Å². The molecular formula is C16H22N2O5S. The molecule has 1 aromatic carbocycles. The average Bonchev–Trinajstić information content (AvgIpc) is 2.53. The maximum Gasteiger partial charge on any atom is 0.330 e. The Kier molecular flexibility index (Phi) is 7.60. The van der Waals surface area contributed by atoms with Crippen molar-refractivity contribution in [3.63, 3.8) is 0 Å². The Balaban J connectivity index is 2.71. The van der Waals surface area contributed by atoms with Gasteiger partial charge in [-0.15, -0.1) is 0 Å². The number of amides is 1. The van der Waals surface area contributed by atoms with Crippen molar-refractivity contribution in [1.29, 1.82) is 0 Å². The van der Waals surface area contributed by atoms with Gasteiger partial charge in [-0.1, -0.05) is 6.92 Å². The van der Waals surface area contributed by atoms with E-state index in [1.165, 1.54) is 24.3 Å². The number of sulfonamides is 1. The van der Waals surface area contributed by atoms with E-state index < -0.39 is 21.9 Å². The third kappa shape index (κ3) is 6.51. The molecule has 8 heteroatoms. The third-order valence-corrected chi connectivity index (χ3v) is 4.66. The molecule has 0 heterocycles. The number of benzene rings is 1. The molecule has 0 spiro atoms. The summed E-state index contributed by atoms with van der Waals surface area (Å²) in [5.74, 6) is -1.12. The van der Waals surface area contributed by atoms with Crippen LogP contribution in [-0.4, -0.2) is 32.9 Å². The lowest BCUT2D eigenvalue weighted by Crippen LogP contribution is -2.31. The zero-order valence-electron chi connectivity index (χ0n) is 13.9. The van der Waals surface area contributed by atoms with Crippen molar-refractivity contribution in [2.24, 2.45) is 0 Å². The van der Waals surface area contributed by atoms with Crippen LogP contribution in [0.4, 0.5) is 5.69 Å². The molecule has 0 radical (unpaired) electrons. The number of esters is 1. The normalized spacial score (nSPS) is 12.8. The van der Waals surface area contributed by atoms with Crippen molar-refractivity contribution < 1.29 is 22.7 Å². The number of ether oxygens (including phenoxy) is 1. The summed E-state index contributed by atoms with van der Waals surface area (Å²) in [5, 5.41) is 2.52. The maximum atomic E-state index is 12.1. The first-order valence-electron chi connectivity index (χ1n) is 7.56. The molecule has 132 valence electrons. The fraction of sp³-hybridized carbons (Fsp3) is 0.375. The summed E-state index contributed by atoms with van der Waals surface area (Å²) in [6, 6.07) is 5.58. The van der Waals surface area contributed by atoms with Crippen molar-refractivity contribution in [3.8, 4) is 0 Å². The fourth-order valence-electron chi connectivity index (χ4n) is 1.65. The minimum atomic E-state index is -3.58. The number of hydrogen-bond acceptors (Lipinski definition) is 5. The van der Waals surface area contributed by atoms with E-state index in [0.717, 1.165) is 12.2 Å². The van der Waals surface area contributed by atoms with Gasteiger partial charge in [0.15, 0.2) is 0 Å². The lowest BCUT2D eigenvalue weighted by atomic mass is 10.3. The van der Waals surface area contributed by atoms with Gasteiger partial charge in [-0.05, 0) is 44.5 Å². The van der Waals surface area contributed by atoms with Gasteiger partial charge in [0.25, 0.3) is 0 Å². The number of nitrogens with one attached hydrogen (secondary N) is 2. The molecule has 0 saturated heterocycles. The SMILES string of the molecule is CCOC(=O)/C=C/C(=O)Nc1ccc(S(=O)(=O)NC(C)CC)cc1. The molecule has 7 nitrogen and oxygen atoms in total. The van der Waals surface area contributed by atoms with Gasteiger partial charge in [0.1, 0.15) is 0 Å². The quantitative estimate of drug-likeness (QED) is 0.548. The first kappa shape index (κ1) is 19.9. The van der Waals surface area contributed by atoms with E-state index in [9.17, 15) is 18.0 Å². The average molecular weight is 354 g/mol. The molecule has 1 unspecified atom stereocenters. The Labute approximate surface area is 142 Å². The number of carbonyl (C=O) groups is 2. The topological polar surface area (TPSA) is 102 Å². The zero-order valence-corrected chi connectivity index (χ0v) is 14.7. The van der Waals surface area contributed by atoms with E-state index in [-0.39, 0.29) is 17.5 Å². The summed E-state index contributed by atoms with van der Waals surface area (Å²) in [7, 11) is -3.58. The first-order valence-corrected chi connectivity index (χ1v) is 9.05. The van der Waals surface area contributed by atoms with Crippen molar-refractivity contribution in [2.75, 3.05) is 11.9 Å². The van der Waals surface area contributed by atoms with Crippen LogP contribution in [0.1, 0.15) is 27.2 Å². The van der Waals surface area contributed by atoms with E-state index in [1.54, 1.807) is 13.8 Å². The molecule has 0 saturated carbocycles. The number of rotatable bonds is 8. The zero-order chi connectivity index (χ0) is 18.2. The van der Waals surface area contributed by atoms with Crippen LogP contribution in [0, 0.1) is 0 Å². The van der Waals surface area contributed by atoms with Gasteiger partial charge in [0.05, 0.1) is 11.5 Å². The Bertz CT molecular complexity index is 696. The highest BCUT2D eigenvalue weighted by atomic mass is 32.2. The van der Waals surface area contributed by atoms with E-state index in [4.69, 9.17) is 0 Å². The van der Waals surface area contributed by atoms with Crippen molar-refractivity contribution in [2.45, 2.75) is 38.1 Å². The molecule has 0 aliphatic carbocycles. The second-order valence-electron chi connectivity index (χ2n) is 5.03. The van der Waals surface area contributed by atoms with Gasteiger partial charge in [0.2, 0.25) is 15.9 Å². The smallest absolute Gasteiger partial charge is 0.330 e. The van der Waals surface area contributed by atoms with E-state index >= 15 is 0 Å². The van der Waals surface area contributed by atoms with Crippen LogP contribution in [0.15, 0.2) is 41.3 Å². The Morgan fingerprint density at radius 2 is 1.79 bits per heavy atom. The molecule has 1 rings (SSSR count). The van der Waals surface area contributed by atoms with Crippen LogP contribution in [0.5, 0.6) is 0 Å². The van der Waals surface area contributed by atoms with Gasteiger partial charge in [0, 0.05) is 23.9 Å². The molecule has 0 aliphatic heterocycles. The van der Waals surface area contributed by atoms with Gasteiger partial charge in [-0.25, -0.2) is 17.9 Å². The highest BCUT2D eigenvalue weighted by molar-refractivity contribution is 7.89. The van der Waals surface area contributed by atoms with Gasteiger partial charge in [-0.2, -0.15) is 0 Å². The van der Waals surface area contributed by atoms with Gasteiger partial charge < -0.3 is 10.1 Å². The molecule has 1 aromatic rings. The lowest BCUT2D eigenvalue weighted by Gasteiger charge is -2.12. The molecule has 24 heavy (non-hydrogen) atoms. The Hall–Kier alpha value is -2.19. The molecule has 1 atom stereocenters. The molecule has 0 aromatic heterocycles. The number of anilines is 1. The largest absolute Gasteiger partial charge is 0.463 e. The van der Waals surface area contributed by atoms with Gasteiger partial charge in [-0.3, -0.25) is 4.79 Å². The van der Waals surface area contributed by atoms with E-state index in [2.05, 4.69) is 14.8 Å². The Morgan fingerprint density at radius 3 is 2.33 bits per heavy atom. The predicted molar refractivity (Wildman–Crippen MR) is 90.9 cm³/mol. The maximum absolute atomic E-state index is 12.1. The van der Waals surface area contributed by atoms with E-state index in [0.29, 0.717) is 12.1 Å². The molecule has 0 aliphatic rings. The second kappa shape index (κ2) is 9.19. The highest BCUT2D eigenvalue weighted by Gasteiger charge is 2.16. The summed E-state index contributed by atoms with van der Waals surface area (Å²) in [6.45, 7) is 5.56. The van der Waals surface area contributed by atoms with Crippen LogP contribution >= 0.6 is 0 Å². The van der Waals surface area contributed by atoms with Crippen LogP contribution in [-0.2, 0) is 24.3 Å². The van der Waals surface area contributed by atoms with Gasteiger partial charge >= 0.3 is 5.97 Å². The summed E-state index contributed by atoms with van der Waals surface area (Å²) in [5.41, 5.74) is 0.413. The van der Waals surface area contributed by atoms with Crippen molar-refractivity contribution in [3.05, 3.63) is 36.4 Å². The molecule has 0 fully saturated rings. The second-order valence-corrected chi connectivity index (χ2v) is 6.74. The van der Waals surface area contributed by atoms with Crippen molar-refractivity contribution >= 4 is 27.6 Å². The standard InChI is InChI=1S/C16H22N2O5S/c1-4-12(3)18-24(21,22)14-8-6-13(7-9-14)17-15(19)10-11-16(20)23-5-2/h6-12,18H,4-5H2,1-3H3,(H,17,19)/b11-10+. The summed E-state index contributed by atoms with van der Waals surface area (Å²) in [6.07, 6.45) is 2.75. The Morgan fingerprint density at radius 1 is 1.17 bits per heavy atom. The van der Waals surface area contributed by atoms with E-state index in [1.807, 2.05) is 6.92 Å². The molecular weight excluding hydrogens is 332 g/mol. The molecule has 0 bridgehead atoms. The summed E-state index contributed by atoms with van der Waals surface area (Å²) < 4.78 is 31.4. The van der Waals surface area contributed by atoms with Crippen molar-refractivity contribution in [1.82, 2.24) is 4.72 Å². The fourth-order valence-corrected chi connectivity index (χ4v) is 2.98. The predicted octanol–water partition coefficient (Wildman–Crippen LogP) is 1.82. The highest BCUT2D eigenvalue weighted by Crippen LogP contribution is 2.14. The summed E-state index contributed by atoms with van der Waals surface area (Å²) >= 11 is 0. The van der Waals surface area contributed by atoms with Crippen LogP contribution in [0.2, 0.25) is 0 Å². The minimum absolute atomic E-state index is 0.114. The minimum Gasteiger partial charge on any atom is -0.463 e. The number of hydrogen-bond donors (Lipinski definition) is 2. The summed E-state index contributed by atoms with van der Waals surface area (Å²) in [4.78, 5) is 22.9. The molecule has 1 amide bonds. The van der Waals surface area contributed by atoms with Crippen LogP contribution in [0.3, 0.4) is 0 Å². The molecule has 2 N–H and O–H groups in total.